The summed E-state index contributed by atoms with van der Waals surface area (Å²) in [6.07, 6.45) is 1.11. The third kappa shape index (κ3) is 2.80. The SMILES string of the molecule is COc1cccc2c1[C@H]1C(c3ccccc3)=C/C(=C(/O)C(C)(C)C)C(=O)[C@H]1O2. The van der Waals surface area contributed by atoms with Gasteiger partial charge in [-0.25, -0.2) is 0 Å². The fourth-order valence-corrected chi connectivity index (χ4v) is 3.94. The summed E-state index contributed by atoms with van der Waals surface area (Å²) in [4.78, 5) is 13.3. The molecule has 2 aliphatic rings. The second kappa shape index (κ2) is 6.55. The highest BCUT2D eigenvalue weighted by Crippen LogP contribution is 2.53. The molecule has 0 spiro atoms. The minimum Gasteiger partial charge on any atom is -0.511 e. The summed E-state index contributed by atoms with van der Waals surface area (Å²) in [6.45, 7) is 5.66. The maximum absolute atomic E-state index is 13.3. The van der Waals surface area contributed by atoms with Crippen LogP contribution in [0.5, 0.6) is 11.5 Å². The molecule has 4 heteroatoms. The number of ketones is 1. The molecule has 0 fully saturated rings. The van der Waals surface area contributed by atoms with E-state index in [-0.39, 0.29) is 17.5 Å². The summed E-state index contributed by atoms with van der Waals surface area (Å²) in [5.74, 6) is 0.956. The Hall–Kier alpha value is -3.01. The van der Waals surface area contributed by atoms with Crippen molar-refractivity contribution in [2.45, 2.75) is 32.8 Å². The van der Waals surface area contributed by atoms with E-state index < -0.39 is 11.5 Å². The molecular weight excluding hydrogens is 352 g/mol. The van der Waals surface area contributed by atoms with Crippen LogP contribution >= 0.6 is 0 Å². The average Bonchev–Trinajstić information content (AvgIpc) is 3.08. The van der Waals surface area contributed by atoms with Gasteiger partial charge >= 0.3 is 0 Å². The number of fused-ring (bicyclic) bond motifs is 3. The number of methoxy groups -OCH3 is 1. The lowest BCUT2D eigenvalue weighted by molar-refractivity contribution is -0.121. The molecular formula is C24H24O4. The summed E-state index contributed by atoms with van der Waals surface area (Å²) >= 11 is 0. The fraction of sp³-hybridized carbons (Fsp3) is 0.292. The molecule has 4 rings (SSSR count). The van der Waals surface area contributed by atoms with Crippen LogP contribution in [0.2, 0.25) is 0 Å². The molecule has 1 N–H and O–H groups in total. The predicted molar refractivity (Wildman–Crippen MR) is 109 cm³/mol. The Balaban J connectivity index is 1.98. The summed E-state index contributed by atoms with van der Waals surface area (Å²) in [6, 6.07) is 15.5. The van der Waals surface area contributed by atoms with Gasteiger partial charge in [0.25, 0.3) is 0 Å². The Morgan fingerprint density at radius 2 is 1.79 bits per heavy atom. The van der Waals surface area contributed by atoms with Crippen molar-refractivity contribution >= 4 is 11.4 Å². The van der Waals surface area contributed by atoms with Crippen molar-refractivity contribution < 1.29 is 19.4 Å². The molecule has 28 heavy (non-hydrogen) atoms. The Morgan fingerprint density at radius 1 is 1.07 bits per heavy atom. The van der Waals surface area contributed by atoms with Crippen molar-refractivity contribution in [1.29, 1.82) is 0 Å². The van der Waals surface area contributed by atoms with E-state index in [0.29, 0.717) is 17.1 Å². The average molecular weight is 376 g/mol. The van der Waals surface area contributed by atoms with Crippen molar-refractivity contribution in [2.24, 2.45) is 5.41 Å². The Bertz CT molecular complexity index is 993. The van der Waals surface area contributed by atoms with Crippen LogP contribution in [0.3, 0.4) is 0 Å². The second-order valence-corrected chi connectivity index (χ2v) is 8.23. The number of carbonyl (C=O) groups excluding carboxylic acids is 1. The first-order valence-corrected chi connectivity index (χ1v) is 9.41. The first-order valence-electron chi connectivity index (χ1n) is 9.41. The van der Waals surface area contributed by atoms with Gasteiger partial charge in [0.05, 0.1) is 18.6 Å². The van der Waals surface area contributed by atoms with Crippen LogP contribution in [0.25, 0.3) is 5.57 Å². The van der Waals surface area contributed by atoms with E-state index in [2.05, 4.69) is 0 Å². The number of carbonyl (C=O) groups is 1. The normalized spacial score (nSPS) is 22.7. The van der Waals surface area contributed by atoms with E-state index in [1.165, 1.54) is 0 Å². The highest BCUT2D eigenvalue weighted by molar-refractivity contribution is 6.09. The van der Waals surface area contributed by atoms with Crippen LogP contribution in [0.1, 0.15) is 37.8 Å². The lowest BCUT2D eigenvalue weighted by Gasteiger charge is -2.29. The predicted octanol–water partition coefficient (Wildman–Crippen LogP) is 5.06. The fourth-order valence-electron chi connectivity index (χ4n) is 3.94. The van der Waals surface area contributed by atoms with Crippen molar-refractivity contribution in [3.8, 4) is 11.5 Å². The van der Waals surface area contributed by atoms with Crippen LogP contribution < -0.4 is 9.47 Å². The van der Waals surface area contributed by atoms with Gasteiger partial charge in [-0.3, -0.25) is 4.79 Å². The van der Waals surface area contributed by atoms with E-state index in [1.807, 2.05) is 75.4 Å². The van der Waals surface area contributed by atoms with E-state index in [1.54, 1.807) is 7.11 Å². The number of ether oxygens (including phenoxy) is 2. The molecule has 2 atom stereocenters. The highest BCUT2D eigenvalue weighted by atomic mass is 16.5. The maximum Gasteiger partial charge on any atom is 0.207 e. The van der Waals surface area contributed by atoms with E-state index in [9.17, 15) is 9.90 Å². The number of benzene rings is 2. The smallest absolute Gasteiger partial charge is 0.207 e. The van der Waals surface area contributed by atoms with E-state index in [0.717, 1.165) is 16.7 Å². The van der Waals surface area contributed by atoms with Crippen LogP contribution in [0.15, 0.2) is 65.9 Å². The third-order valence-electron chi connectivity index (χ3n) is 5.35. The van der Waals surface area contributed by atoms with E-state index in [4.69, 9.17) is 9.47 Å². The monoisotopic (exact) mass is 376 g/mol. The summed E-state index contributed by atoms with van der Waals surface area (Å²) in [5.41, 5.74) is 2.59. The molecule has 1 aliphatic carbocycles. The lowest BCUT2D eigenvalue weighted by atomic mass is 9.74. The molecule has 0 amide bonds. The van der Waals surface area contributed by atoms with Gasteiger partial charge in [-0.1, -0.05) is 57.2 Å². The highest BCUT2D eigenvalue weighted by Gasteiger charge is 2.48. The zero-order valence-corrected chi connectivity index (χ0v) is 16.5. The van der Waals surface area contributed by atoms with Gasteiger partial charge in [-0.05, 0) is 29.3 Å². The largest absolute Gasteiger partial charge is 0.511 e. The molecule has 4 nitrogen and oxygen atoms in total. The first kappa shape index (κ1) is 18.4. The molecule has 0 unspecified atom stereocenters. The number of aliphatic hydroxyl groups excluding tert-OH is 1. The van der Waals surface area contributed by atoms with Crippen molar-refractivity contribution in [1.82, 2.24) is 0 Å². The van der Waals surface area contributed by atoms with Gasteiger partial charge in [-0.2, -0.15) is 0 Å². The number of allylic oxidation sites excluding steroid dienone is 2. The van der Waals surface area contributed by atoms with Gasteiger partial charge in [0.15, 0.2) is 6.10 Å². The van der Waals surface area contributed by atoms with Gasteiger partial charge in [0.2, 0.25) is 5.78 Å². The molecule has 0 aromatic heterocycles. The Kier molecular flexibility index (Phi) is 4.30. The molecule has 144 valence electrons. The van der Waals surface area contributed by atoms with Gasteiger partial charge in [0.1, 0.15) is 17.3 Å². The molecule has 0 bridgehead atoms. The van der Waals surface area contributed by atoms with Crippen molar-refractivity contribution in [3.63, 3.8) is 0 Å². The summed E-state index contributed by atoms with van der Waals surface area (Å²) in [7, 11) is 1.62. The van der Waals surface area contributed by atoms with Gasteiger partial charge in [-0.15, -0.1) is 0 Å². The molecule has 0 radical (unpaired) electrons. The van der Waals surface area contributed by atoms with Gasteiger partial charge < -0.3 is 14.6 Å². The number of hydrogen-bond donors (Lipinski definition) is 1. The molecule has 1 aliphatic heterocycles. The van der Waals surface area contributed by atoms with Crippen molar-refractivity contribution in [2.75, 3.05) is 7.11 Å². The number of aliphatic hydroxyl groups is 1. The lowest BCUT2D eigenvalue weighted by Crippen LogP contribution is -2.35. The topological polar surface area (TPSA) is 55.8 Å². The summed E-state index contributed by atoms with van der Waals surface area (Å²) in [5, 5.41) is 10.8. The standard InChI is InChI=1S/C24H24O4/c1-24(2,3)23(26)16-13-15(14-9-6-5-7-10-14)19-20-17(27-4)11-8-12-18(20)28-22(19)21(16)25/h5-13,19,22,26H,1-4H3/b23-16-/t19-,22+/m1/s1. The molecule has 0 saturated carbocycles. The van der Waals surface area contributed by atoms with Crippen LogP contribution in [-0.2, 0) is 4.79 Å². The van der Waals surface area contributed by atoms with Crippen LogP contribution in [0, 0.1) is 5.41 Å². The van der Waals surface area contributed by atoms with Crippen molar-refractivity contribution in [3.05, 3.63) is 77.1 Å². The molecule has 0 saturated heterocycles. The number of Topliss-reactive ketones (excluding diaryl/α,β-unsaturated/α-hetero) is 1. The first-order chi connectivity index (χ1) is 13.3. The Labute approximate surface area is 165 Å². The third-order valence-corrected chi connectivity index (χ3v) is 5.35. The Morgan fingerprint density at radius 3 is 2.43 bits per heavy atom. The minimum absolute atomic E-state index is 0.0795. The molecule has 1 heterocycles. The van der Waals surface area contributed by atoms with Gasteiger partial charge in [0, 0.05) is 11.0 Å². The zero-order chi connectivity index (χ0) is 20.1. The quantitative estimate of drug-likeness (QED) is 0.588. The number of rotatable bonds is 2. The second-order valence-electron chi connectivity index (χ2n) is 8.23. The zero-order valence-electron chi connectivity index (χ0n) is 16.5. The maximum atomic E-state index is 13.3. The number of hydrogen-bond acceptors (Lipinski definition) is 4. The minimum atomic E-state index is -0.717. The van der Waals surface area contributed by atoms with Crippen LogP contribution in [0.4, 0.5) is 0 Å². The summed E-state index contributed by atoms with van der Waals surface area (Å²) < 4.78 is 11.7. The van der Waals surface area contributed by atoms with Crippen LogP contribution in [-0.4, -0.2) is 24.1 Å². The molecule has 2 aromatic rings. The van der Waals surface area contributed by atoms with E-state index >= 15 is 0 Å². The molecule has 2 aromatic carbocycles.